The average molecular weight is 375 g/mol. The highest BCUT2D eigenvalue weighted by atomic mass is 35.5. The van der Waals surface area contributed by atoms with E-state index in [0.29, 0.717) is 15.6 Å². The van der Waals surface area contributed by atoms with Crippen LogP contribution in [0.25, 0.3) is 0 Å². The molecule has 9 heteroatoms. The number of sulfone groups is 1. The molecule has 0 spiro atoms. The van der Waals surface area contributed by atoms with Crippen LogP contribution in [-0.2, 0) is 16.4 Å². The van der Waals surface area contributed by atoms with Crippen molar-refractivity contribution in [3.8, 4) is 0 Å². The van der Waals surface area contributed by atoms with E-state index in [1.54, 1.807) is 18.2 Å². The van der Waals surface area contributed by atoms with Crippen LogP contribution >= 0.6 is 23.2 Å². The summed E-state index contributed by atoms with van der Waals surface area (Å²) in [6.45, 7) is 0.185. The standard InChI is InChI=1S/C14H12Cl2N2O4S/c1-23(21,22)13-4-2-3-12(14(13)18(19)20)17-8-9-5-6-10(15)7-11(9)16/h2-7,17H,8H2,1H3. The summed E-state index contributed by atoms with van der Waals surface area (Å²) in [7, 11) is -3.72. The fourth-order valence-corrected chi connectivity index (χ4v) is 3.34. The third-order valence-corrected chi connectivity index (χ3v) is 4.78. The second-order valence-electron chi connectivity index (χ2n) is 4.77. The molecule has 1 N–H and O–H groups in total. The maximum Gasteiger partial charge on any atom is 0.310 e. The summed E-state index contributed by atoms with van der Waals surface area (Å²) >= 11 is 11.9. The minimum absolute atomic E-state index is 0.101. The van der Waals surface area contributed by atoms with Crippen molar-refractivity contribution in [3.63, 3.8) is 0 Å². The maximum absolute atomic E-state index is 11.7. The highest BCUT2D eigenvalue weighted by Gasteiger charge is 2.25. The summed E-state index contributed by atoms with van der Waals surface area (Å²) in [5.74, 6) is 0. The molecule has 23 heavy (non-hydrogen) atoms. The molecule has 2 rings (SSSR count). The first-order chi connectivity index (χ1) is 10.7. The van der Waals surface area contributed by atoms with Crippen LogP contribution in [0.2, 0.25) is 10.0 Å². The number of halogens is 2. The van der Waals surface area contributed by atoms with Crippen molar-refractivity contribution in [3.05, 3.63) is 62.1 Å². The number of nitro groups is 1. The number of nitrogens with zero attached hydrogens (tertiary/aromatic N) is 1. The zero-order valence-electron chi connectivity index (χ0n) is 11.9. The number of nitro benzene ring substituents is 1. The van der Waals surface area contributed by atoms with Crippen molar-refractivity contribution in [2.75, 3.05) is 11.6 Å². The summed E-state index contributed by atoms with van der Waals surface area (Å²) in [4.78, 5) is 10.2. The van der Waals surface area contributed by atoms with Gasteiger partial charge in [-0.25, -0.2) is 8.42 Å². The number of hydrogen-bond donors (Lipinski definition) is 1. The van der Waals surface area contributed by atoms with Crippen molar-refractivity contribution >= 4 is 44.4 Å². The topological polar surface area (TPSA) is 89.3 Å². The van der Waals surface area contributed by atoms with Gasteiger partial charge in [0.25, 0.3) is 0 Å². The Morgan fingerprint density at radius 2 is 1.91 bits per heavy atom. The first kappa shape index (κ1) is 17.5. The van der Waals surface area contributed by atoms with Crippen LogP contribution in [0.3, 0.4) is 0 Å². The molecular weight excluding hydrogens is 363 g/mol. The summed E-state index contributed by atoms with van der Waals surface area (Å²) in [6.07, 6.45) is 0.926. The van der Waals surface area contributed by atoms with Gasteiger partial charge < -0.3 is 5.32 Å². The lowest BCUT2D eigenvalue weighted by atomic mass is 10.2. The lowest BCUT2D eigenvalue weighted by Gasteiger charge is -2.10. The largest absolute Gasteiger partial charge is 0.375 e. The van der Waals surface area contributed by atoms with Crippen LogP contribution in [0.1, 0.15) is 5.56 Å². The average Bonchev–Trinajstić information content (AvgIpc) is 2.44. The van der Waals surface area contributed by atoms with Gasteiger partial charge in [0.15, 0.2) is 9.84 Å². The Hall–Kier alpha value is -1.83. The Morgan fingerprint density at radius 3 is 2.48 bits per heavy atom. The van der Waals surface area contributed by atoms with Gasteiger partial charge in [0, 0.05) is 22.8 Å². The van der Waals surface area contributed by atoms with Crippen molar-refractivity contribution in [1.82, 2.24) is 0 Å². The van der Waals surface area contributed by atoms with E-state index >= 15 is 0 Å². The molecule has 122 valence electrons. The van der Waals surface area contributed by atoms with Gasteiger partial charge in [-0.2, -0.15) is 0 Å². The number of benzene rings is 2. The van der Waals surface area contributed by atoms with Gasteiger partial charge in [-0.1, -0.05) is 35.3 Å². The van der Waals surface area contributed by atoms with Crippen molar-refractivity contribution in [1.29, 1.82) is 0 Å². The van der Waals surface area contributed by atoms with E-state index in [9.17, 15) is 18.5 Å². The Balaban J connectivity index is 2.39. The Labute approximate surface area is 143 Å². The minimum Gasteiger partial charge on any atom is -0.375 e. The van der Waals surface area contributed by atoms with Crippen LogP contribution < -0.4 is 5.32 Å². The Morgan fingerprint density at radius 1 is 1.22 bits per heavy atom. The quantitative estimate of drug-likeness (QED) is 0.632. The molecule has 2 aromatic rings. The van der Waals surface area contributed by atoms with Crippen LogP contribution in [0.4, 0.5) is 11.4 Å². The van der Waals surface area contributed by atoms with Crippen LogP contribution in [0.15, 0.2) is 41.3 Å². The van der Waals surface area contributed by atoms with Gasteiger partial charge in [0.05, 0.1) is 4.92 Å². The van der Waals surface area contributed by atoms with Crippen molar-refractivity contribution < 1.29 is 13.3 Å². The molecule has 0 radical (unpaired) electrons. The summed E-state index contributed by atoms with van der Waals surface area (Å²) in [5.41, 5.74) is 0.291. The molecule has 0 aliphatic rings. The highest BCUT2D eigenvalue weighted by Crippen LogP contribution is 2.32. The van der Waals surface area contributed by atoms with E-state index < -0.39 is 20.4 Å². The van der Waals surface area contributed by atoms with Gasteiger partial charge in [-0.3, -0.25) is 10.1 Å². The number of nitrogens with one attached hydrogen (secondary N) is 1. The number of anilines is 1. The van der Waals surface area contributed by atoms with Gasteiger partial charge in [-0.15, -0.1) is 0 Å². The Bertz CT molecular complexity index is 869. The molecule has 0 aliphatic carbocycles. The minimum atomic E-state index is -3.72. The first-order valence-corrected chi connectivity index (χ1v) is 9.00. The molecule has 2 aromatic carbocycles. The normalized spacial score (nSPS) is 11.3. The van der Waals surface area contributed by atoms with E-state index in [0.717, 1.165) is 6.26 Å². The predicted octanol–water partition coefficient (Wildman–Crippen LogP) is 3.92. The lowest BCUT2D eigenvalue weighted by Crippen LogP contribution is -2.08. The molecule has 0 saturated heterocycles. The SMILES string of the molecule is CS(=O)(=O)c1cccc(NCc2ccc(Cl)cc2Cl)c1[N+](=O)[O-]. The van der Waals surface area contributed by atoms with Crippen molar-refractivity contribution in [2.45, 2.75) is 11.4 Å². The second-order valence-corrected chi connectivity index (χ2v) is 7.60. The number of rotatable bonds is 5. The molecular formula is C14H12Cl2N2O4S. The zero-order valence-corrected chi connectivity index (χ0v) is 14.2. The molecule has 0 bridgehead atoms. The van der Waals surface area contributed by atoms with Crippen LogP contribution in [-0.4, -0.2) is 19.6 Å². The third-order valence-electron chi connectivity index (χ3n) is 3.07. The van der Waals surface area contributed by atoms with Crippen LogP contribution in [0.5, 0.6) is 0 Å². The van der Waals surface area contributed by atoms with Gasteiger partial charge in [0.1, 0.15) is 10.6 Å². The highest BCUT2D eigenvalue weighted by molar-refractivity contribution is 7.90. The summed E-state index contributed by atoms with van der Waals surface area (Å²) in [5, 5.41) is 15.0. The molecule has 0 saturated carbocycles. The van der Waals surface area contributed by atoms with E-state index in [1.165, 1.54) is 18.2 Å². The van der Waals surface area contributed by atoms with Crippen molar-refractivity contribution in [2.24, 2.45) is 0 Å². The fourth-order valence-electron chi connectivity index (χ4n) is 2.01. The second kappa shape index (κ2) is 6.74. The van der Waals surface area contributed by atoms with Gasteiger partial charge in [0.2, 0.25) is 0 Å². The van der Waals surface area contributed by atoms with Gasteiger partial charge in [-0.05, 0) is 29.8 Å². The van der Waals surface area contributed by atoms with E-state index in [4.69, 9.17) is 23.2 Å². The summed E-state index contributed by atoms with van der Waals surface area (Å²) in [6, 6.07) is 8.97. The molecule has 0 heterocycles. The Kier molecular flexibility index (Phi) is 5.13. The van der Waals surface area contributed by atoms with E-state index in [1.807, 2.05) is 0 Å². The number of para-hydroxylation sites is 1. The lowest BCUT2D eigenvalue weighted by molar-refractivity contribution is -0.386. The summed E-state index contributed by atoms with van der Waals surface area (Å²) < 4.78 is 23.4. The molecule has 0 unspecified atom stereocenters. The maximum atomic E-state index is 11.7. The first-order valence-electron chi connectivity index (χ1n) is 6.35. The van der Waals surface area contributed by atoms with Crippen LogP contribution in [0, 0.1) is 10.1 Å². The molecule has 0 amide bonds. The van der Waals surface area contributed by atoms with E-state index in [-0.39, 0.29) is 17.1 Å². The predicted molar refractivity (Wildman–Crippen MR) is 90.0 cm³/mol. The van der Waals surface area contributed by atoms with Gasteiger partial charge >= 0.3 is 5.69 Å². The molecule has 0 atom stereocenters. The smallest absolute Gasteiger partial charge is 0.310 e. The molecule has 0 aliphatic heterocycles. The van der Waals surface area contributed by atoms with E-state index in [2.05, 4.69) is 5.32 Å². The molecule has 0 aromatic heterocycles. The zero-order chi connectivity index (χ0) is 17.2. The number of hydrogen-bond acceptors (Lipinski definition) is 5. The third kappa shape index (κ3) is 4.13. The molecule has 6 nitrogen and oxygen atoms in total. The fraction of sp³-hybridized carbons (Fsp3) is 0.143. The monoisotopic (exact) mass is 374 g/mol. The molecule has 0 fully saturated rings.